The molecule has 14 heavy (non-hydrogen) atoms. The highest BCUT2D eigenvalue weighted by Gasteiger charge is 2.24. The van der Waals surface area contributed by atoms with Gasteiger partial charge in [0.05, 0.1) is 12.2 Å². The van der Waals surface area contributed by atoms with Crippen LogP contribution in [0.3, 0.4) is 0 Å². The Hall–Kier alpha value is -0.120. The molecule has 0 amide bonds. The van der Waals surface area contributed by atoms with Crippen LogP contribution in [0.15, 0.2) is 0 Å². The molecule has 1 fully saturated rings. The Bertz CT molecular complexity index is 141. The number of hydrogen-bond acceptors (Lipinski definition) is 3. The Kier molecular flexibility index (Phi) is 6.15. The summed E-state index contributed by atoms with van der Waals surface area (Å²) >= 11 is 0. The molecule has 0 aromatic rings. The van der Waals surface area contributed by atoms with Gasteiger partial charge >= 0.3 is 0 Å². The highest BCUT2D eigenvalue weighted by atomic mass is 16.5. The van der Waals surface area contributed by atoms with Crippen molar-refractivity contribution in [3.8, 4) is 0 Å². The molecule has 0 spiro atoms. The number of aliphatic hydroxyl groups is 1. The van der Waals surface area contributed by atoms with Gasteiger partial charge in [0.25, 0.3) is 0 Å². The number of hydrogen-bond donors (Lipinski definition) is 2. The fourth-order valence-electron chi connectivity index (χ4n) is 1.75. The molecule has 84 valence electrons. The summed E-state index contributed by atoms with van der Waals surface area (Å²) in [4.78, 5) is 0. The third-order valence-electron chi connectivity index (χ3n) is 2.71. The van der Waals surface area contributed by atoms with E-state index < -0.39 is 0 Å². The fraction of sp³-hybridized carbons (Fsp3) is 1.00. The van der Waals surface area contributed by atoms with Crippen molar-refractivity contribution in [3.63, 3.8) is 0 Å². The van der Waals surface area contributed by atoms with Gasteiger partial charge in [-0.2, -0.15) is 0 Å². The zero-order chi connectivity index (χ0) is 10.2. The highest BCUT2D eigenvalue weighted by molar-refractivity contribution is 4.80. The van der Waals surface area contributed by atoms with Crippen molar-refractivity contribution in [1.82, 2.24) is 5.32 Å². The summed E-state index contributed by atoms with van der Waals surface area (Å²) in [5.74, 6) is 0. The Morgan fingerprint density at radius 3 is 2.64 bits per heavy atom. The molecule has 0 aromatic carbocycles. The molecule has 1 rings (SSSR count). The zero-order valence-electron chi connectivity index (χ0n) is 9.17. The minimum atomic E-state index is -0.300. The SMILES string of the molecule is CCCCCCCOC1CNCC1O. The van der Waals surface area contributed by atoms with Gasteiger partial charge in [0.2, 0.25) is 0 Å². The maximum Gasteiger partial charge on any atom is 0.0970 e. The van der Waals surface area contributed by atoms with Crippen molar-refractivity contribution < 1.29 is 9.84 Å². The van der Waals surface area contributed by atoms with Gasteiger partial charge < -0.3 is 15.2 Å². The number of β-amino-alcohol motifs (C(OH)–C–C–N with tert-alkyl or cyclic N) is 1. The van der Waals surface area contributed by atoms with Crippen molar-refractivity contribution >= 4 is 0 Å². The summed E-state index contributed by atoms with van der Waals surface area (Å²) in [5.41, 5.74) is 0. The molecular formula is C11H23NO2. The molecule has 2 N–H and O–H groups in total. The van der Waals surface area contributed by atoms with Crippen LogP contribution in [-0.2, 0) is 4.74 Å². The predicted molar refractivity (Wildman–Crippen MR) is 57.4 cm³/mol. The number of unbranched alkanes of at least 4 members (excludes halogenated alkanes) is 4. The third-order valence-corrected chi connectivity index (χ3v) is 2.71. The van der Waals surface area contributed by atoms with Gasteiger partial charge in [0.15, 0.2) is 0 Å². The lowest BCUT2D eigenvalue weighted by atomic mass is 10.2. The van der Waals surface area contributed by atoms with E-state index in [4.69, 9.17) is 4.74 Å². The second kappa shape index (κ2) is 7.21. The maximum atomic E-state index is 9.44. The first-order chi connectivity index (χ1) is 6.84. The first kappa shape index (κ1) is 12.0. The van der Waals surface area contributed by atoms with Crippen molar-refractivity contribution in [1.29, 1.82) is 0 Å². The van der Waals surface area contributed by atoms with Crippen LogP contribution in [0.5, 0.6) is 0 Å². The van der Waals surface area contributed by atoms with E-state index >= 15 is 0 Å². The van der Waals surface area contributed by atoms with Gasteiger partial charge in [-0.15, -0.1) is 0 Å². The first-order valence-electron chi connectivity index (χ1n) is 5.85. The number of rotatable bonds is 7. The topological polar surface area (TPSA) is 41.5 Å². The molecule has 0 aliphatic carbocycles. The van der Waals surface area contributed by atoms with Gasteiger partial charge in [-0.25, -0.2) is 0 Å². The molecule has 2 atom stereocenters. The standard InChI is InChI=1S/C11H23NO2/c1-2-3-4-5-6-7-14-11-9-12-8-10(11)13/h10-13H,2-9H2,1H3. The second-order valence-electron chi connectivity index (χ2n) is 4.05. The van der Waals surface area contributed by atoms with Gasteiger partial charge in [-0.1, -0.05) is 32.6 Å². The minimum Gasteiger partial charge on any atom is -0.389 e. The predicted octanol–water partition coefficient (Wildman–Crippen LogP) is 1.31. The Morgan fingerprint density at radius 1 is 1.21 bits per heavy atom. The van der Waals surface area contributed by atoms with Crippen LogP contribution in [0.1, 0.15) is 39.0 Å². The minimum absolute atomic E-state index is 0.0289. The quantitative estimate of drug-likeness (QED) is 0.610. The van der Waals surface area contributed by atoms with E-state index in [1.165, 1.54) is 25.7 Å². The number of nitrogens with one attached hydrogen (secondary N) is 1. The van der Waals surface area contributed by atoms with Crippen molar-refractivity contribution in [2.75, 3.05) is 19.7 Å². The zero-order valence-corrected chi connectivity index (χ0v) is 9.17. The third kappa shape index (κ3) is 4.40. The van der Waals surface area contributed by atoms with E-state index in [0.717, 1.165) is 19.6 Å². The summed E-state index contributed by atoms with van der Waals surface area (Å²) < 4.78 is 5.58. The summed E-state index contributed by atoms with van der Waals surface area (Å²) in [7, 11) is 0. The van der Waals surface area contributed by atoms with Crippen molar-refractivity contribution in [2.45, 2.75) is 51.2 Å². The highest BCUT2D eigenvalue weighted by Crippen LogP contribution is 2.07. The molecule has 1 saturated heterocycles. The lowest BCUT2D eigenvalue weighted by Crippen LogP contribution is -2.27. The number of aliphatic hydroxyl groups excluding tert-OH is 1. The van der Waals surface area contributed by atoms with Gasteiger partial charge in [0, 0.05) is 19.7 Å². The molecule has 3 nitrogen and oxygen atoms in total. The van der Waals surface area contributed by atoms with Crippen molar-refractivity contribution in [3.05, 3.63) is 0 Å². The lowest BCUT2D eigenvalue weighted by molar-refractivity contribution is -0.00924. The average molecular weight is 201 g/mol. The first-order valence-corrected chi connectivity index (χ1v) is 5.85. The average Bonchev–Trinajstić information content (AvgIpc) is 2.58. The Balaban J connectivity index is 1.88. The van der Waals surface area contributed by atoms with Crippen LogP contribution in [0.25, 0.3) is 0 Å². The van der Waals surface area contributed by atoms with Crippen LogP contribution in [-0.4, -0.2) is 37.0 Å². The van der Waals surface area contributed by atoms with E-state index in [1.54, 1.807) is 0 Å². The van der Waals surface area contributed by atoms with Crippen molar-refractivity contribution in [2.24, 2.45) is 0 Å². The summed E-state index contributed by atoms with van der Waals surface area (Å²) in [6.45, 7) is 4.50. The summed E-state index contributed by atoms with van der Waals surface area (Å²) in [6.07, 6.45) is 6.03. The molecule has 0 radical (unpaired) electrons. The molecule has 0 saturated carbocycles. The summed E-state index contributed by atoms with van der Waals surface area (Å²) in [5, 5.41) is 12.6. The second-order valence-corrected chi connectivity index (χ2v) is 4.05. The van der Waals surface area contributed by atoms with Crippen LogP contribution < -0.4 is 5.32 Å². The molecule has 2 unspecified atom stereocenters. The van der Waals surface area contributed by atoms with E-state index in [1.807, 2.05) is 0 Å². The lowest BCUT2D eigenvalue weighted by Gasteiger charge is -2.14. The normalized spacial score (nSPS) is 27.0. The van der Waals surface area contributed by atoms with E-state index in [2.05, 4.69) is 12.2 Å². The van der Waals surface area contributed by atoms with Gasteiger partial charge in [-0.3, -0.25) is 0 Å². The molecule has 3 heteroatoms. The van der Waals surface area contributed by atoms with E-state index in [-0.39, 0.29) is 12.2 Å². The van der Waals surface area contributed by atoms with Crippen LogP contribution >= 0.6 is 0 Å². The Morgan fingerprint density at radius 2 is 2.00 bits per heavy atom. The largest absolute Gasteiger partial charge is 0.389 e. The van der Waals surface area contributed by atoms with Crippen LogP contribution in [0, 0.1) is 0 Å². The van der Waals surface area contributed by atoms with Gasteiger partial charge in [0.1, 0.15) is 0 Å². The maximum absolute atomic E-state index is 9.44. The number of ether oxygens (including phenoxy) is 1. The monoisotopic (exact) mass is 201 g/mol. The van der Waals surface area contributed by atoms with Crippen LogP contribution in [0.2, 0.25) is 0 Å². The molecule has 0 bridgehead atoms. The van der Waals surface area contributed by atoms with E-state index in [9.17, 15) is 5.11 Å². The summed E-state index contributed by atoms with van der Waals surface area (Å²) in [6, 6.07) is 0. The Labute approximate surface area is 86.8 Å². The van der Waals surface area contributed by atoms with Gasteiger partial charge in [-0.05, 0) is 6.42 Å². The molecule has 1 aliphatic rings. The molecular weight excluding hydrogens is 178 g/mol. The van der Waals surface area contributed by atoms with E-state index in [0.29, 0.717) is 6.54 Å². The molecule has 1 heterocycles. The molecule has 1 aliphatic heterocycles. The molecule has 0 aromatic heterocycles. The fourth-order valence-corrected chi connectivity index (χ4v) is 1.75. The smallest absolute Gasteiger partial charge is 0.0970 e. The van der Waals surface area contributed by atoms with Crippen LogP contribution in [0.4, 0.5) is 0 Å².